The maximum absolute atomic E-state index is 15.0. The number of benzene rings is 2. The number of ether oxygens (including phenoxy) is 2. The first-order chi connectivity index (χ1) is 14.0. The molecule has 0 bridgehead atoms. The Morgan fingerprint density at radius 2 is 1.62 bits per heavy atom. The van der Waals surface area contributed by atoms with Crippen LogP contribution in [0.4, 0.5) is 4.39 Å². The van der Waals surface area contributed by atoms with Crippen molar-refractivity contribution < 1.29 is 28.2 Å². The van der Waals surface area contributed by atoms with Gasteiger partial charge in [0.25, 0.3) is 11.8 Å². The molecule has 0 N–H and O–H groups in total. The maximum atomic E-state index is 15.0. The van der Waals surface area contributed by atoms with Crippen LogP contribution in [0.5, 0.6) is 5.88 Å². The molecule has 1 unspecified atom stereocenters. The predicted octanol–water partition coefficient (Wildman–Crippen LogP) is 2.89. The molecule has 1 aliphatic heterocycles. The Morgan fingerprint density at radius 3 is 2.21 bits per heavy atom. The number of esters is 1. The zero-order chi connectivity index (χ0) is 20.7. The van der Waals surface area contributed by atoms with Gasteiger partial charge in [-0.25, -0.2) is 14.2 Å². The van der Waals surface area contributed by atoms with Gasteiger partial charge >= 0.3 is 5.97 Å². The van der Waals surface area contributed by atoms with Crippen molar-refractivity contribution in [1.29, 1.82) is 0 Å². The molecule has 8 heteroatoms. The van der Waals surface area contributed by atoms with E-state index in [-0.39, 0.29) is 28.1 Å². The van der Waals surface area contributed by atoms with E-state index in [0.717, 1.165) is 18.1 Å². The van der Waals surface area contributed by atoms with E-state index in [1.807, 2.05) is 0 Å². The van der Waals surface area contributed by atoms with Crippen molar-refractivity contribution in [2.45, 2.75) is 6.04 Å². The van der Waals surface area contributed by atoms with Crippen LogP contribution in [0.15, 0.2) is 48.5 Å². The van der Waals surface area contributed by atoms with Crippen molar-refractivity contribution in [3.63, 3.8) is 0 Å². The van der Waals surface area contributed by atoms with E-state index in [0.29, 0.717) is 5.39 Å². The van der Waals surface area contributed by atoms with Crippen LogP contribution < -0.4 is 4.74 Å². The molecule has 1 atom stereocenters. The topological polar surface area (TPSA) is 85.8 Å². The Labute approximate surface area is 164 Å². The van der Waals surface area contributed by atoms with Gasteiger partial charge in [-0.3, -0.25) is 14.5 Å². The fourth-order valence-electron chi connectivity index (χ4n) is 3.45. The summed E-state index contributed by atoms with van der Waals surface area (Å²) in [5.74, 6) is -2.99. The summed E-state index contributed by atoms with van der Waals surface area (Å²) in [5.41, 5.74) is 0.134. The normalized spacial score (nSPS) is 14.1. The van der Waals surface area contributed by atoms with Crippen LogP contribution in [0.3, 0.4) is 0 Å². The van der Waals surface area contributed by atoms with Crippen molar-refractivity contribution >= 4 is 28.7 Å². The number of hydrogen-bond acceptors (Lipinski definition) is 6. The number of nitrogens with zero attached hydrogens (tertiary/aromatic N) is 2. The van der Waals surface area contributed by atoms with E-state index in [2.05, 4.69) is 4.98 Å². The van der Waals surface area contributed by atoms with Crippen LogP contribution in [0, 0.1) is 5.82 Å². The molecule has 0 spiro atoms. The molecule has 2 amide bonds. The summed E-state index contributed by atoms with van der Waals surface area (Å²) >= 11 is 0. The summed E-state index contributed by atoms with van der Waals surface area (Å²) in [6, 6.07) is 10.4. The van der Waals surface area contributed by atoms with Gasteiger partial charge in [0.1, 0.15) is 5.82 Å². The molecule has 7 nitrogen and oxygen atoms in total. The third-order valence-electron chi connectivity index (χ3n) is 4.81. The molecule has 0 radical (unpaired) electrons. The second-order valence-electron chi connectivity index (χ2n) is 6.34. The van der Waals surface area contributed by atoms with Crippen molar-refractivity contribution in [3.05, 3.63) is 71.0 Å². The van der Waals surface area contributed by atoms with Gasteiger partial charge < -0.3 is 9.47 Å². The van der Waals surface area contributed by atoms with Gasteiger partial charge in [0, 0.05) is 17.0 Å². The van der Waals surface area contributed by atoms with Crippen LogP contribution in [0.2, 0.25) is 0 Å². The van der Waals surface area contributed by atoms with Crippen LogP contribution in [-0.2, 0) is 9.53 Å². The lowest BCUT2D eigenvalue weighted by Crippen LogP contribution is -2.39. The van der Waals surface area contributed by atoms with Crippen LogP contribution in [0.1, 0.15) is 32.3 Å². The van der Waals surface area contributed by atoms with Crippen LogP contribution in [-0.4, -0.2) is 41.9 Å². The molecule has 0 fully saturated rings. The van der Waals surface area contributed by atoms with Crippen molar-refractivity contribution in [2.24, 2.45) is 0 Å². The van der Waals surface area contributed by atoms with Gasteiger partial charge in [0.2, 0.25) is 5.88 Å². The molecule has 3 aromatic rings. The summed E-state index contributed by atoms with van der Waals surface area (Å²) in [7, 11) is 2.50. The van der Waals surface area contributed by atoms with Gasteiger partial charge in [0.15, 0.2) is 6.04 Å². The molecule has 4 rings (SSSR count). The zero-order valence-corrected chi connectivity index (χ0v) is 15.5. The lowest BCUT2D eigenvalue weighted by atomic mass is 10.0. The predicted molar refractivity (Wildman–Crippen MR) is 100.0 cm³/mol. The van der Waals surface area contributed by atoms with Crippen molar-refractivity contribution in [2.75, 3.05) is 14.2 Å². The molecule has 1 aliphatic rings. The lowest BCUT2D eigenvalue weighted by molar-refractivity contribution is -0.145. The zero-order valence-electron chi connectivity index (χ0n) is 15.5. The smallest absolute Gasteiger partial charge is 0.333 e. The third kappa shape index (κ3) is 2.80. The minimum atomic E-state index is -1.64. The van der Waals surface area contributed by atoms with E-state index >= 15 is 4.39 Å². The first-order valence-electron chi connectivity index (χ1n) is 8.65. The first kappa shape index (κ1) is 18.5. The number of halogens is 1. The quantitative estimate of drug-likeness (QED) is 0.500. The lowest BCUT2D eigenvalue weighted by Gasteiger charge is -2.25. The number of carbonyl (C=O) groups excluding carboxylic acids is 3. The Bertz CT molecular complexity index is 1140. The molecule has 0 saturated carbocycles. The second-order valence-corrected chi connectivity index (χ2v) is 6.34. The number of rotatable bonds is 4. The average Bonchev–Trinajstić information content (AvgIpc) is 3.00. The van der Waals surface area contributed by atoms with Crippen molar-refractivity contribution in [1.82, 2.24) is 9.88 Å². The number of fused-ring (bicyclic) bond motifs is 2. The molecular weight excluding hydrogens is 379 g/mol. The maximum Gasteiger partial charge on any atom is 0.333 e. The minimum absolute atomic E-state index is 0.0938. The molecule has 2 heterocycles. The highest BCUT2D eigenvalue weighted by molar-refractivity contribution is 6.23. The van der Waals surface area contributed by atoms with E-state index in [4.69, 9.17) is 9.47 Å². The van der Waals surface area contributed by atoms with E-state index < -0.39 is 29.6 Å². The highest BCUT2D eigenvalue weighted by Crippen LogP contribution is 2.36. The molecule has 0 saturated heterocycles. The molecule has 29 heavy (non-hydrogen) atoms. The monoisotopic (exact) mass is 394 g/mol. The number of pyridine rings is 1. The van der Waals surface area contributed by atoms with E-state index in [1.54, 1.807) is 24.3 Å². The Hall–Kier alpha value is -3.81. The summed E-state index contributed by atoms with van der Waals surface area (Å²) in [4.78, 5) is 43.5. The summed E-state index contributed by atoms with van der Waals surface area (Å²) < 4.78 is 24.9. The fourth-order valence-corrected chi connectivity index (χ4v) is 3.45. The highest BCUT2D eigenvalue weighted by Gasteiger charge is 2.45. The molecule has 1 aromatic heterocycles. The number of amides is 2. The van der Waals surface area contributed by atoms with Crippen LogP contribution >= 0.6 is 0 Å². The summed E-state index contributed by atoms with van der Waals surface area (Å²) in [6.07, 6.45) is 0. The molecule has 146 valence electrons. The summed E-state index contributed by atoms with van der Waals surface area (Å²) in [5, 5.41) is 0.507. The second kappa shape index (κ2) is 6.97. The standard InChI is InChI=1S/C21H15FN2O5/c1-28-15-10-8-11-7-9-14(22)16(17(11)23-15)18(21(27)29-2)24-19(25)12-5-3-4-6-13(12)20(24)26/h3-10,18H,1-2H3. The summed E-state index contributed by atoms with van der Waals surface area (Å²) in [6.45, 7) is 0. The van der Waals surface area contributed by atoms with Gasteiger partial charge in [0.05, 0.1) is 30.9 Å². The molecule has 2 aromatic carbocycles. The van der Waals surface area contributed by atoms with Crippen molar-refractivity contribution in [3.8, 4) is 5.88 Å². The number of imide groups is 1. The Balaban J connectivity index is 1.97. The van der Waals surface area contributed by atoms with Crippen LogP contribution in [0.25, 0.3) is 10.9 Å². The average molecular weight is 394 g/mol. The highest BCUT2D eigenvalue weighted by atomic mass is 19.1. The number of methoxy groups -OCH3 is 2. The number of aromatic nitrogens is 1. The largest absolute Gasteiger partial charge is 0.481 e. The fraction of sp³-hybridized carbons (Fsp3) is 0.143. The Morgan fingerprint density at radius 1 is 1.00 bits per heavy atom. The van der Waals surface area contributed by atoms with Gasteiger partial charge in [-0.05, 0) is 30.3 Å². The third-order valence-corrected chi connectivity index (χ3v) is 4.81. The first-order valence-corrected chi connectivity index (χ1v) is 8.65. The minimum Gasteiger partial charge on any atom is -0.481 e. The van der Waals surface area contributed by atoms with Gasteiger partial charge in [-0.2, -0.15) is 0 Å². The number of carbonyl (C=O) groups is 3. The Kier molecular flexibility index (Phi) is 4.46. The van der Waals surface area contributed by atoms with Gasteiger partial charge in [-0.1, -0.05) is 12.1 Å². The molecule has 0 aliphatic carbocycles. The van der Waals surface area contributed by atoms with E-state index in [9.17, 15) is 14.4 Å². The van der Waals surface area contributed by atoms with E-state index in [1.165, 1.54) is 25.3 Å². The molecular formula is C21H15FN2O5. The number of hydrogen-bond donors (Lipinski definition) is 0. The van der Waals surface area contributed by atoms with Gasteiger partial charge in [-0.15, -0.1) is 0 Å². The SMILES string of the molecule is COC(=O)C(c1c(F)ccc2ccc(OC)nc12)N1C(=O)c2ccccc2C1=O.